The van der Waals surface area contributed by atoms with Gasteiger partial charge in [-0.05, 0) is 73.2 Å². The number of rotatable bonds is 2. The van der Waals surface area contributed by atoms with E-state index in [1.165, 1.54) is 36.9 Å². The molecule has 3 fully saturated rings. The number of aromatic hydroxyl groups is 1. The highest BCUT2D eigenvalue weighted by molar-refractivity contribution is 5.85. The van der Waals surface area contributed by atoms with Crippen molar-refractivity contribution in [1.82, 2.24) is 4.90 Å². The Bertz CT molecular complexity index is 716. The zero-order valence-corrected chi connectivity index (χ0v) is 16.4. The van der Waals surface area contributed by atoms with Crippen molar-refractivity contribution in [2.45, 2.75) is 63.3 Å². The van der Waals surface area contributed by atoms with Gasteiger partial charge >= 0.3 is 0 Å². The van der Waals surface area contributed by atoms with Crippen molar-refractivity contribution in [1.29, 1.82) is 0 Å². The average molecular weight is 376 g/mol. The molecule has 3 aliphatic carbocycles. The largest absolute Gasteiger partial charge is 0.508 e. The number of piperidine rings is 1. The molecule has 0 radical (unpaired) electrons. The molecule has 1 N–H and O–H groups in total. The van der Waals surface area contributed by atoms with Crippen LogP contribution in [0.2, 0.25) is 0 Å². The van der Waals surface area contributed by atoms with Crippen LogP contribution in [0.5, 0.6) is 5.75 Å². The van der Waals surface area contributed by atoms with Crippen LogP contribution >= 0.6 is 12.4 Å². The minimum atomic E-state index is -0.0259. The number of ketones is 1. The topological polar surface area (TPSA) is 40.5 Å². The summed E-state index contributed by atoms with van der Waals surface area (Å²) in [5.74, 6) is 2.69. The molecule has 4 heteroatoms. The van der Waals surface area contributed by atoms with Gasteiger partial charge in [0.25, 0.3) is 0 Å². The summed E-state index contributed by atoms with van der Waals surface area (Å²) in [7, 11) is 0. The zero-order chi connectivity index (χ0) is 17.2. The summed E-state index contributed by atoms with van der Waals surface area (Å²) >= 11 is 0. The lowest BCUT2D eigenvalue weighted by Gasteiger charge is -2.61. The molecule has 4 atom stereocenters. The fourth-order valence-corrected chi connectivity index (χ4v) is 6.64. The highest BCUT2D eigenvalue weighted by Crippen LogP contribution is 2.57. The lowest BCUT2D eigenvalue weighted by molar-refractivity contribution is -0.131. The van der Waals surface area contributed by atoms with Crippen molar-refractivity contribution in [3.05, 3.63) is 29.3 Å². The summed E-state index contributed by atoms with van der Waals surface area (Å²) in [5.41, 5.74) is 2.64. The first-order valence-electron chi connectivity index (χ1n) is 10.1. The number of likely N-dealkylation sites (tertiary alicyclic amines) is 1. The van der Waals surface area contributed by atoms with Gasteiger partial charge in [-0.15, -0.1) is 12.4 Å². The van der Waals surface area contributed by atoms with Crippen LogP contribution in [0, 0.1) is 17.8 Å². The molecule has 26 heavy (non-hydrogen) atoms. The fourth-order valence-electron chi connectivity index (χ4n) is 6.64. The van der Waals surface area contributed by atoms with E-state index in [1.807, 2.05) is 12.1 Å². The lowest BCUT2D eigenvalue weighted by atomic mass is 9.49. The number of hydrogen-bond acceptors (Lipinski definition) is 3. The molecule has 1 saturated heterocycles. The maximum atomic E-state index is 12.6. The van der Waals surface area contributed by atoms with E-state index in [0.29, 0.717) is 35.8 Å². The molecule has 0 unspecified atom stereocenters. The smallest absolute Gasteiger partial charge is 0.134 e. The second kappa shape index (κ2) is 6.53. The Morgan fingerprint density at radius 3 is 2.81 bits per heavy atom. The normalized spacial score (nSPS) is 36.5. The van der Waals surface area contributed by atoms with Gasteiger partial charge in [-0.1, -0.05) is 19.4 Å². The van der Waals surface area contributed by atoms with Gasteiger partial charge in [-0.25, -0.2) is 0 Å². The Morgan fingerprint density at radius 1 is 1.27 bits per heavy atom. The molecule has 0 amide bonds. The first-order chi connectivity index (χ1) is 12.1. The van der Waals surface area contributed by atoms with Crippen molar-refractivity contribution >= 4 is 18.2 Å². The molecule has 1 aliphatic heterocycles. The Kier molecular flexibility index (Phi) is 4.60. The number of phenolic OH excluding ortho intramolecular Hbond substituents is 1. The van der Waals surface area contributed by atoms with Crippen LogP contribution in [0.25, 0.3) is 0 Å². The van der Waals surface area contributed by atoms with Crippen molar-refractivity contribution in [3.8, 4) is 5.75 Å². The highest BCUT2D eigenvalue weighted by Gasteiger charge is 2.57. The fraction of sp³-hybridized carbons (Fsp3) is 0.682. The Labute approximate surface area is 162 Å². The SMILES string of the molecule is C[C@@H]1CC(=O)C[C@]23CCN(CC4CCC4)[C@H](Cc4ccc(O)cc42)[C@H]13.Cl. The van der Waals surface area contributed by atoms with Gasteiger partial charge in [0, 0.05) is 30.8 Å². The zero-order valence-electron chi connectivity index (χ0n) is 15.6. The summed E-state index contributed by atoms with van der Waals surface area (Å²) in [6.45, 7) is 4.67. The van der Waals surface area contributed by atoms with E-state index in [-0.39, 0.29) is 17.8 Å². The number of phenols is 1. The summed E-state index contributed by atoms with van der Waals surface area (Å²) in [6.07, 6.45) is 7.81. The van der Waals surface area contributed by atoms with Crippen LogP contribution < -0.4 is 0 Å². The van der Waals surface area contributed by atoms with Crippen molar-refractivity contribution < 1.29 is 9.90 Å². The van der Waals surface area contributed by atoms with Crippen molar-refractivity contribution in [2.24, 2.45) is 17.8 Å². The summed E-state index contributed by atoms with van der Waals surface area (Å²) in [5, 5.41) is 10.1. The van der Waals surface area contributed by atoms with Gasteiger partial charge in [0.15, 0.2) is 0 Å². The molecular weight excluding hydrogens is 346 g/mol. The third kappa shape index (κ3) is 2.62. The van der Waals surface area contributed by atoms with Crippen LogP contribution in [0.1, 0.15) is 56.6 Å². The summed E-state index contributed by atoms with van der Waals surface area (Å²) in [6, 6.07) is 6.50. The molecule has 4 aliphatic rings. The second-order valence-corrected chi connectivity index (χ2v) is 9.23. The highest BCUT2D eigenvalue weighted by atomic mass is 35.5. The number of nitrogens with zero attached hydrogens (tertiary/aromatic N) is 1. The van der Waals surface area contributed by atoms with E-state index in [0.717, 1.165) is 31.7 Å². The maximum absolute atomic E-state index is 12.6. The predicted octanol–water partition coefficient (Wildman–Crippen LogP) is 4.10. The van der Waals surface area contributed by atoms with E-state index in [9.17, 15) is 9.90 Å². The first kappa shape index (κ1) is 18.3. The summed E-state index contributed by atoms with van der Waals surface area (Å²) in [4.78, 5) is 15.3. The second-order valence-electron chi connectivity index (χ2n) is 9.23. The van der Waals surface area contributed by atoms with E-state index in [1.54, 1.807) is 0 Å². The quantitative estimate of drug-likeness (QED) is 0.846. The molecule has 1 heterocycles. The van der Waals surface area contributed by atoms with E-state index in [2.05, 4.69) is 17.9 Å². The average Bonchev–Trinajstić information content (AvgIpc) is 2.52. The van der Waals surface area contributed by atoms with Gasteiger partial charge < -0.3 is 5.11 Å². The van der Waals surface area contributed by atoms with E-state index < -0.39 is 0 Å². The monoisotopic (exact) mass is 375 g/mol. The molecule has 2 bridgehead atoms. The number of halogens is 1. The maximum Gasteiger partial charge on any atom is 0.134 e. The standard InChI is InChI=1S/C22H29NO2.ClH/c1-14-9-18(25)12-22-7-8-23(13-15-3-2-4-15)20(21(14)22)10-16-5-6-17(24)11-19(16)22;/h5-6,11,14-15,20-21,24H,2-4,7-10,12-13H2,1H3;1H/t14-,20-,21+,22-;/m1./s1. The van der Waals surface area contributed by atoms with Crippen molar-refractivity contribution in [2.75, 3.05) is 13.1 Å². The summed E-state index contributed by atoms with van der Waals surface area (Å²) < 4.78 is 0. The predicted molar refractivity (Wildman–Crippen MR) is 105 cm³/mol. The first-order valence-corrected chi connectivity index (χ1v) is 10.1. The van der Waals surface area contributed by atoms with Gasteiger partial charge in [0.2, 0.25) is 0 Å². The lowest BCUT2D eigenvalue weighted by Crippen LogP contribution is -2.64. The number of benzene rings is 1. The van der Waals surface area contributed by atoms with Gasteiger partial charge in [-0.3, -0.25) is 9.69 Å². The van der Waals surface area contributed by atoms with Crippen LogP contribution in [0.4, 0.5) is 0 Å². The van der Waals surface area contributed by atoms with Gasteiger partial charge in [0.1, 0.15) is 11.5 Å². The Hall–Kier alpha value is -1.06. The Morgan fingerprint density at radius 2 is 2.08 bits per heavy atom. The minimum Gasteiger partial charge on any atom is -0.508 e. The molecule has 3 nitrogen and oxygen atoms in total. The number of carbonyl (C=O) groups excluding carboxylic acids is 1. The molecule has 1 aromatic rings. The molecular formula is C22H30ClNO2. The third-order valence-corrected chi connectivity index (χ3v) is 7.82. The van der Waals surface area contributed by atoms with E-state index in [4.69, 9.17) is 0 Å². The number of fused-ring (bicyclic) bond motifs is 1. The van der Waals surface area contributed by atoms with Crippen molar-refractivity contribution in [3.63, 3.8) is 0 Å². The molecule has 1 aromatic carbocycles. The molecule has 0 spiro atoms. The van der Waals surface area contributed by atoms with Crippen LogP contribution in [-0.4, -0.2) is 34.9 Å². The van der Waals surface area contributed by atoms with Crippen LogP contribution in [0.15, 0.2) is 18.2 Å². The molecule has 142 valence electrons. The van der Waals surface area contributed by atoms with Crippen LogP contribution in [-0.2, 0) is 16.6 Å². The van der Waals surface area contributed by atoms with E-state index >= 15 is 0 Å². The molecule has 2 saturated carbocycles. The van der Waals surface area contributed by atoms with Gasteiger partial charge in [-0.2, -0.15) is 0 Å². The Balaban J connectivity index is 0.00000168. The molecule has 5 rings (SSSR count). The van der Waals surface area contributed by atoms with Gasteiger partial charge in [0.05, 0.1) is 0 Å². The number of hydrogen-bond donors (Lipinski definition) is 1. The minimum absolute atomic E-state index is 0. The van der Waals surface area contributed by atoms with Crippen LogP contribution in [0.3, 0.4) is 0 Å². The molecule has 0 aromatic heterocycles. The number of carbonyl (C=O) groups is 1. The third-order valence-electron chi connectivity index (χ3n) is 7.82. The number of Topliss-reactive ketones (excluding diaryl/α,β-unsaturated/α-hetero) is 1.